The average Bonchev–Trinajstić information content (AvgIpc) is 2.26. The summed E-state index contributed by atoms with van der Waals surface area (Å²) in [4.78, 5) is 0.484. The molecule has 0 fully saturated rings. The maximum Gasteiger partial charge on any atom is 0.237 e. The summed E-state index contributed by atoms with van der Waals surface area (Å²) >= 11 is 4.11. The Bertz CT molecular complexity index is 509. The van der Waals surface area contributed by atoms with Crippen molar-refractivity contribution in [1.29, 1.82) is 10.5 Å². The number of nitrogens with one attached hydrogen (secondary N) is 1. The van der Waals surface area contributed by atoms with Crippen LogP contribution in [0, 0.1) is 35.4 Å². The van der Waals surface area contributed by atoms with E-state index in [2.05, 4.69) is 23.2 Å². The van der Waals surface area contributed by atoms with Crippen molar-refractivity contribution in [1.82, 2.24) is 0 Å². The molecular formula is C10H7FN4S. The van der Waals surface area contributed by atoms with Crippen molar-refractivity contribution >= 4 is 24.0 Å². The van der Waals surface area contributed by atoms with Gasteiger partial charge >= 0.3 is 0 Å². The Labute approximate surface area is 97.4 Å². The largest absolute Gasteiger partial charge is 0.275 e. The van der Waals surface area contributed by atoms with Crippen LogP contribution < -0.4 is 5.43 Å². The van der Waals surface area contributed by atoms with Crippen LogP contribution in [-0.4, -0.2) is 5.71 Å². The van der Waals surface area contributed by atoms with E-state index < -0.39 is 5.82 Å². The highest BCUT2D eigenvalue weighted by Crippen LogP contribution is 2.23. The molecule has 1 aromatic carbocycles. The van der Waals surface area contributed by atoms with Gasteiger partial charge in [-0.2, -0.15) is 15.6 Å². The number of thiol groups is 1. The summed E-state index contributed by atoms with van der Waals surface area (Å²) in [5.41, 5.74) is 2.83. The number of hydrogen-bond acceptors (Lipinski definition) is 5. The third-order valence-electron chi connectivity index (χ3n) is 1.78. The van der Waals surface area contributed by atoms with Crippen LogP contribution in [0.2, 0.25) is 0 Å². The standard InChI is InChI=1S/C10H7FN4S/c1-6-2-10(16)9(3-8(6)11)15-14-7(4-12)5-13/h2-3,15-16H,1H3. The van der Waals surface area contributed by atoms with Crippen molar-refractivity contribution in [3.8, 4) is 12.1 Å². The van der Waals surface area contributed by atoms with Crippen LogP contribution in [0.1, 0.15) is 5.56 Å². The molecule has 0 heterocycles. The summed E-state index contributed by atoms with van der Waals surface area (Å²) < 4.78 is 13.2. The monoisotopic (exact) mass is 234 g/mol. The fourth-order valence-electron chi connectivity index (χ4n) is 0.947. The second kappa shape index (κ2) is 5.15. The molecule has 1 N–H and O–H groups in total. The highest BCUT2D eigenvalue weighted by molar-refractivity contribution is 7.80. The lowest BCUT2D eigenvalue weighted by Gasteiger charge is -2.05. The van der Waals surface area contributed by atoms with Crippen molar-refractivity contribution in [2.75, 3.05) is 5.43 Å². The maximum atomic E-state index is 13.2. The molecule has 0 saturated carbocycles. The minimum atomic E-state index is -0.411. The van der Waals surface area contributed by atoms with Crippen molar-refractivity contribution in [2.45, 2.75) is 11.8 Å². The molecule has 0 saturated heterocycles. The summed E-state index contributed by atoms with van der Waals surface area (Å²) in [5, 5.41) is 20.4. The number of hydrogen-bond donors (Lipinski definition) is 2. The number of benzene rings is 1. The van der Waals surface area contributed by atoms with Gasteiger partial charge in [-0.15, -0.1) is 12.6 Å². The third kappa shape index (κ3) is 2.72. The number of halogens is 1. The summed E-state index contributed by atoms with van der Waals surface area (Å²) in [6, 6.07) is 5.87. The van der Waals surface area contributed by atoms with Gasteiger partial charge in [-0.1, -0.05) is 0 Å². The van der Waals surface area contributed by atoms with E-state index in [4.69, 9.17) is 10.5 Å². The van der Waals surface area contributed by atoms with Crippen LogP contribution in [0.5, 0.6) is 0 Å². The summed E-state index contributed by atoms with van der Waals surface area (Å²) in [6.45, 7) is 1.61. The normalized spacial score (nSPS) is 8.81. The van der Waals surface area contributed by atoms with Crippen LogP contribution in [0.4, 0.5) is 10.1 Å². The Hall–Kier alpha value is -2.05. The first kappa shape index (κ1) is 12.0. The zero-order valence-electron chi connectivity index (χ0n) is 8.32. The van der Waals surface area contributed by atoms with Crippen molar-refractivity contribution in [2.24, 2.45) is 5.10 Å². The SMILES string of the molecule is Cc1cc(S)c(NN=C(C#N)C#N)cc1F. The molecule has 0 aliphatic heterocycles. The molecule has 0 amide bonds. The van der Waals surface area contributed by atoms with Crippen LogP contribution in [-0.2, 0) is 0 Å². The number of nitriles is 2. The Kier molecular flexibility index (Phi) is 3.87. The Morgan fingerprint density at radius 3 is 2.62 bits per heavy atom. The lowest BCUT2D eigenvalue weighted by Crippen LogP contribution is -1.98. The number of hydrazone groups is 1. The third-order valence-corrected chi connectivity index (χ3v) is 2.15. The van der Waals surface area contributed by atoms with E-state index in [1.54, 1.807) is 19.1 Å². The van der Waals surface area contributed by atoms with Gasteiger partial charge in [0.25, 0.3) is 0 Å². The summed E-state index contributed by atoms with van der Waals surface area (Å²) in [6.07, 6.45) is 0. The van der Waals surface area contributed by atoms with Gasteiger partial charge < -0.3 is 0 Å². The molecule has 0 aliphatic rings. The molecule has 1 aromatic rings. The van der Waals surface area contributed by atoms with E-state index in [9.17, 15) is 4.39 Å². The van der Waals surface area contributed by atoms with Gasteiger partial charge in [-0.25, -0.2) is 4.39 Å². The molecule has 0 aliphatic carbocycles. The number of rotatable bonds is 2. The zero-order chi connectivity index (χ0) is 12.1. The molecule has 0 radical (unpaired) electrons. The Morgan fingerprint density at radius 2 is 2.06 bits per heavy atom. The molecule has 6 heteroatoms. The van der Waals surface area contributed by atoms with E-state index in [0.717, 1.165) is 0 Å². The molecule has 0 unspecified atom stereocenters. The van der Waals surface area contributed by atoms with Gasteiger partial charge in [0.1, 0.15) is 18.0 Å². The van der Waals surface area contributed by atoms with Gasteiger partial charge in [0.15, 0.2) is 0 Å². The van der Waals surface area contributed by atoms with Gasteiger partial charge in [0.05, 0.1) is 5.69 Å². The predicted molar refractivity (Wildman–Crippen MR) is 60.7 cm³/mol. The number of anilines is 1. The lowest BCUT2D eigenvalue weighted by atomic mass is 10.2. The first-order valence-electron chi connectivity index (χ1n) is 4.21. The molecule has 0 bridgehead atoms. The van der Waals surface area contributed by atoms with Gasteiger partial charge in [0, 0.05) is 11.0 Å². The fraction of sp³-hybridized carbons (Fsp3) is 0.100. The molecule has 1 rings (SSSR count). The van der Waals surface area contributed by atoms with Crippen LogP contribution >= 0.6 is 12.6 Å². The highest BCUT2D eigenvalue weighted by Gasteiger charge is 2.04. The quantitative estimate of drug-likeness (QED) is 0.468. The predicted octanol–water partition coefficient (Wildman–Crippen LogP) is 2.24. The molecule has 80 valence electrons. The van der Waals surface area contributed by atoms with Gasteiger partial charge in [0.2, 0.25) is 5.71 Å². The van der Waals surface area contributed by atoms with Crippen LogP contribution in [0.25, 0.3) is 0 Å². The minimum absolute atomic E-state index is 0.300. The van der Waals surface area contributed by atoms with Gasteiger partial charge in [-0.05, 0) is 18.6 Å². The molecule has 16 heavy (non-hydrogen) atoms. The Morgan fingerprint density at radius 1 is 1.44 bits per heavy atom. The lowest BCUT2D eigenvalue weighted by molar-refractivity contribution is 0.617. The van der Waals surface area contributed by atoms with Crippen LogP contribution in [0.3, 0.4) is 0 Å². The smallest absolute Gasteiger partial charge is 0.237 e. The fourth-order valence-corrected chi connectivity index (χ4v) is 1.26. The van der Waals surface area contributed by atoms with E-state index in [0.29, 0.717) is 16.1 Å². The number of aryl methyl sites for hydroxylation is 1. The Balaban J connectivity index is 3.01. The average molecular weight is 234 g/mol. The zero-order valence-corrected chi connectivity index (χ0v) is 9.22. The van der Waals surface area contributed by atoms with Crippen molar-refractivity contribution < 1.29 is 4.39 Å². The van der Waals surface area contributed by atoms with Crippen molar-refractivity contribution in [3.05, 3.63) is 23.5 Å². The molecular weight excluding hydrogens is 227 g/mol. The van der Waals surface area contributed by atoms with Crippen LogP contribution in [0.15, 0.2) is 22.1 Å². The highest BCUT2D eigenvalue weighted by atomic mass is 32.1. The summed E-state index contributed by atoms with van der Waals surface area (Å²) in [7, 11) is 0. The molecule has 0 atom stereocenters. The topological polar surface area (TPSA) is 72.0 Å². The van der Waals surface area contributed by atoms with E-state index >= 15 is 0 Å². The second-order valence-electron chi connectivity index (χ2n) is 2.91. The first-order valence-corrected chi connectivity index (χ1v) is 4.66. The molecule has 4 nitrogen and oxygen atoms in total. The maximum absolute atomic E-state index is 13.2. The van der Waals surface area contributed by atoms with E-state index in [1.165, 1.54) is 12.1 Å². The number of nitrogens with zero attached hydrogens (tertiary/aromatic N) is 3. The first-order chi connectivity index (χ1) is 7.58. The van der Waals surface area contributed by atoms with E-state index in [1.807, 2.05) is 0 Å². The second-order valence-corrected chi connectivity index (χ2v) is 3.40. The summed E-state index contributed by atoms with van der Waals surface area (Å²) in [5.74, 6) is -0.411. The molecule has 0 aromatic heterocycles. The van der Waals surface area contributed by atoms with Gasteiger partial charge in [-0.3, -0.25) is 5.43 Å². The van der Waals surface area contributed by atoms with E-state index in [-0.39, 0.29) is 5.71 Å². The minimum Gasteiger partial charge on any atom is -0.275 e. The van der Waals surface area contributed by atoms with Crippen molar-refractivity contribution in [3.63, 3.8) is 0 Å². The molecule has 0 spiro atoms.